The minimum Gasteiger partial charge on any atom is -0.196 e. The molecule has 0 atom stereocenters. The van der Waals surface area contributed by atoms with Gasteiger partial charge in [-0.25, -0.2) is 0 Å². The van der Waals surface area contributed by atoms with Gasteiger partial charge in [-0.1, -0.05) is 36.4 Å². The average Bonchev–Trinajstić information content (AvgIpc) is 2.39. The molecule has 17 heavy (non-hydrogen) atoms. The fourth-order valence-electron chi connectivity index (χ4n) is 2.04. The van der Waals surface area contributed by atoms with Crippen molar-refractivity contribution in [3.8, 4) is 11.3 Å². The van der Waals surface area contributed by atoms with Gasteiger partial charge in [0.05, 0.1) is 6.20 Å². The summed E-state index contributed by atoms with van der Waals surface area (Å²) < 4.78 is 2.11. The van der Waals surface area contributed by atoms with E-state index in [9.17, 15) is 0 Å². The third kappa shape index (κ3) is 1.78. The van der Waals surface area contributed by atoms with Crippen LogP contribution < -0.4 is 4.40 Å². The van der Waals surface area contributed by atoms with E-state index in [1.54, 1.807) is 0 Å². The van der Waals surface area contributed by atoms with Crippen LogP contribution in [0.4, 0.5) is 0 Å². The molecule has 3 aromatic rings. The van der Waals surface area contributed by atoms with Crippen LogP contribution in [0.25, 0.3) is 16.9 Å². The number of fused-ring (bicyclic) bond motifs is 1. The van der Waals surface area contributed by atoms with Gasteiger partial charge in [-0.3, -0.25) is 0 Å². The molecule has 2 nitrogen and oxygen atoms in total. The highest BCUT2D eigenvalue weighted by Crippen LogP contribution is 2.15. The highest BCUT2D eigenvalue weighted by atomic mass is 15.0. The molecule has 0 spiro atoms. The maximum absolute atomic E-state index is 4.52. The number of benzene rings is 1. The van der Waals surface area contributed by atoms with Crippen molar-refractivity contribution in [3.63, 3.8) is 0 Å². The molecule has 0 amide bonds. The Balaban J connectivity index is 2.36. The van der Waals surface area contributed by atoms with Crippen molar-refractivity contribution in [2.24, 2.45) is 0 Å². The van der Waals surface area contributed by atoms with Crippen LogP contribution in [0, 0.1) is 6.92 Å². The number of hydrogen-bond acceptors (Lipinski definition) is 1. The summed E-state index contributed by atoms with van der Waals surface area (Å²) in [5.74, 6) is 0. The van der Waals surface area contributed by atoms with Crippen LogP contribution in [0.2, 0.25) is 0 Å². The molecule has 1 aromatic carbocycles. The van der Waals surface area contributed by atoms with Crippen molar-refractivity contribution in [1.82, 2.24) is 4.98 Å². The normalized spacial score (nSPS) is 10.6. The molecule has 2 heteroatoms. The standard InChI is InChI=1S/C15H13N2/c1-12-11-14(13-7-3-2-4-8-13)17-10-6-5-9-15(17)16-12/h2-11H,1H3/q+1. The molecule has 0 saturated carbocycles. The van der Waals surface area contributed by atoms with Crippen LogP contribution in [0.3, 0.4) is 0 Å². The molecule has 0 unspecified atom stereocenters. The summed E-state index contributed by atoms with van der Waals surface area (Å²) in [4.78, 5) is 4.52. The SMILES string of the molecule is Cc1cc(-c2ccccc2)[n+]2ccccc2n1. The third-order valence-electron chi connectivity index (χ3n) is 2.80. The molecule has 0 radical (unpaired) electrons. The molecule has 0 aliphatic heterocycles. The van der Waals surface area contributed by atoms with Crippen molar-refractivity contribution in [1.29, 1.82) is 0 Å². The van der Waals surface area contributed by atoms with Crippen LogP contribution in [-0.4, -0.2) is 4.98 Å². The van der Waals surface area contributed by atoms with Crippen LogP contribution >= 0.6 is 0 Å². The molecular weight excluding hydrogens is 208 g/mol. The van der Waals surface area contributed by atoms with Gasteiger partial charge < -0.3 is 0 Å². The Morgan fingerprint density at radius 3 is 2.53 bits per heavy atom. The molecule has 2 heterocycles. The predicted molar refractivity (Wildman–Crippen MR) is 67.6 cm³/mol. The van der Waals surface area contributed by atoms with Crippen LogP contribution in [0.1, 0.15) is 5.69 Å². The van der Waals surface area contributed by atoms with E-state index in [0.29, 0.717) is 0 Å². The Bertz CT molecular complexity index is 660. The Labute approximate surface area is 100 Å². The zero-order valence-corrected chi connectivity index (χ0v) is 9.67. The van der Waals surface area contributed by atoms with Gasteiger partial charge >= 0.3 is 5.65 Å². The Kier molecular flexibility index (Phi) is 2.33. The maximum Gasteiger partial charge on any atom is 0.328 e. The van der Waals surface area contributed by atoms with E-state index in [-0.39, 0.29) is 0 Å². The van der Waals surface area contributed by atoms with Crippen molar-refractivity contribution < 1.29 is 4.40 Å². The summed E-state index contributed by atoms with van der Waals surface area (Å²) in [6.45, 7) is 2.03. The van der Waals surface area contributed by atoms with Gasteiger partial charge in [0.1, 0.15) is 5.69 Å². The van der Waals surface area contributed by atoms with Crippen LogP contribution in [-0.2, 0) is 0 Å². The molecule has 3 rings (SSSR count). The second-order valence-corrected chi connectivity index (χ2v) is 4.08. The Morgan fingerprint density at radius 1 is 0.941 bits per heavy atom. The first-order valence-electron chi connectivity index (χ1n) is 5.68. The number of aryl methyl sites for hydroxylation is 1. The van der Waals surface area contributed by atoms with E-state index < -0.39 is 0 Å². The Hall–Kier alpha value is -2.22. The quantitative estimate of drug-likeness (QED) is 0.577. The summed E-state index contributed by atoms with van der Waals surface area (Å²) in [7, 11) is 0. The molecule has 2 aromatic heterocycles. The fraction of sp³-hybridized carbons (Fsp3) is 0.0667. The minimum atomic E-state index is 0.978. The molecule has 82 valence electrons. The van der Waals surface area contributed by atoms with E-state index in [1.165, 1.54) is 11.3 Å². The molecule has 0 fully saturated rings. The van der Waals surface area contributed by atoms with Gasteiger partial charge in [-0.05, 0) is 11.1 Å². The lowest BCUT2D eigenvalue weighted by molar-refractivity contribution is -0.502. The van der Waals surface area contributed by atoms with Crippen molar-refractivity contribution in [3.05, 3.63) is 66.5 Å². The fourth-order valence-corrected chi connectivity index (χ4v) is 2.04. The lowest BCUT2D eigenvalue weighted by Crippen LogP contribution is -2.26. The van der Waals surface area contributed by atoms with Crippen LogP contribution in [0.15, 0.2) is 60.8 Å². The van der Waals surface area contributed by atoms with Gasteiger partial charge in [-0.2, -0.15) is 4.40 Å². The van der Waals surface area contributed by atoms with Crippen molar-refractivity contribution in [2.75, 3.05) is 0 Å². The first-order valence-corrected chi connectivity index (χ1v) is 5.68. The molecule has 0 bridgehead atoms. The summed E-state index contributed by atoms with van der Waals surface area (Å²) in [6, 6.07) is 18.6. The summed E-state index contributed by atoms with van der Waals surface area (Å²) in [6.07, 6.45) is 2.05. The lowest BCUT2D eigenvalue weighted by Gasteiger charge is -2.02. The predicted octanol–water partition coefficient (Wildman–Crippen LogP) is 2.80. The van der Waals surface area contributed by atoms with E-state index in [0.717, 1.165) is 11.3 Å². The number of aromatic nitrogens is 2. The summed E-state index contributed by atoms with van der Waals surface area (Å²) in [5, 5.41) is 0. The number of pyridine rings is 1. The summed E-state index contributed by atoms with van der Waals surface area (Å²) >= 11 is 0. The number of nitrogens with zero attached hydrogens (tertiary/aromatic N) is 2. The first kappa shape index (κ1) is 9.97. The topological polar surface area (TPSA) is 17.0 Å². The average molecular weight is 221 g/mol. The van der Waals surface area contributed by atoms with Crippen molar-refractivity contribution >= 4 is 5.65 Å². The highest BCUT2D eigenvalue weighted by Gasteiger charge is 2.12. The van der Waals surface area contributed by atoms with E-state index >= 15 is 0 Å². The van der Waals surface area contributed by atoms with Gasteiger partial charge in [0, 0.05) is 24.6 Å². The highest BCUT2D eigenvalue weighted by molar-refractivity contribution is 5.57. The number of rotatable bonds is 1. The second kappa shape index (κ2) is 3.98. The van der Waals surface area contributed by atoms with E-state index in [2.05, 4.69) is 39.7 Å². The smallest absolute Gasteiger partial charge is 0.196 e. The lowest BCUT2D eigenvalue weighted by atomic mass is 10.1. The molecule has 0 saturated heterocycles. The minimum absolute atomic E-state index is 0.978. The van der Waals surface area contributed by atoms with Gasteiger partial charge in [0.15, 0.2) is 5.69 Å². The Morgan fingerprint density at radius 2 is 1.71 bits per heavy atom. The van der Waals surface area contributed by atoms with Gasteiger partial charge in [-0.15, -0.1) is 0 Å². The van der Waals surface area contributed by atoms with Crippen LogP contribution in [0.5, 0.6) is 0 Å². The van der Waals surface area contributed by atoms with Crippen molar-refractivity contribution in [2.45, 2.75) is 6.92 Å². The number of hydrogen-bond donors (Lipinski definition) is 0. The van der Waals surface area contributed by atoms with Gasteiger partial charge in [0.25, 0.3) is 0 Å². The third-order valence-corrected chi connectivity index (χ3v) is 2.80. The zero-order chi connectivity index (χ0) is 11.7. The maximum atomic E-state index is 4.52. The molecule has 0 N–H and O–H groups in total. The summed E-state index contributed by atoms with van der Waals surface area (Å²) in [5.41, 5.74) is 4.40. The monoisotopic (exact) mass is 221 g/mol. The van der Waals surface area contributed by atoms with E-state index in [1.807, 2.05) is 37.4 Å². The molecule has 0 aliphatic carbocycles. The molecular formula is C15H13N2+. The second-order valence-electron chi connectivity index (χ2n) is 4.08. The first-order chi connectivity index (χ1) is 8.34. The largest absolute Gasteiger partial charge is 0.328 e. The van der Waals surface area contributed by atoms with Gasteiger partial charge in [0.2, 0.25) is 0 Å². The molecule has 0 aliphatic rings. The van der Waals surface area contributed by atoms with E-state index in [4.69, 9.17) is 0 Å². The zero-order valence-electron chi connectivity index (χ0n) is 9.67.